The van der Waals surface area contributed by atoms with Gasteiger partial charge in [-0.2, -0.15) is 0 Å². The maximum Gasteiger partial charge on any atom is 0.196 e. The molecule has 0 aromatic heterocycles. The second-order valence-electron chi connectivity index (χ2n) is 3.43. The van der Waals surface area contributed by atoms with E-state index in [1.807, 2.05) is 38.1 Å². The van der Waals surface area contributed by atoms with E-state index in [1.165, 1.54) is 0 Å². The summed E-state index contributed by atoms with van der Waals surface area (Å²) in [6, 6.07) is 7.41. The number of ether oxygens (including phenoxy) is 2. The SMILES string of the molecule is C=C(CO)c1ccc(OC(C)OCC)cc1. The van der Waals surface area contributed by atoms with Crippen molar-refractivity contribution < 1.29 is 14.6 Å². The van der Waals surface area contributed by atoms with Crippen molar-refractivity contribution in [2.45, 2.75) is 20.1 Å². The van der Waals surface area contributed by atoms with Crippen LogP contribution in [0.5, 0.6) is 5.75 Å². The second kappa shape index (κ2) is 6.30. The van der Waals surface area contributed by atoms with Crippen LogP contribution in [-0.2, 0) is 4.74 Å². The van der Waals surface area contributed by atoms with Gasteiger partial charge in [0.15, 0.2) is 6.29 Å². The fourth-order valence-corrected chi connectivity index (χ4v) is 1.32. The average Bonchev–Trinajstić information content (AvgIpc) is 2.29. The molecule has 0 spiro atoms. The third kappa shape index (κ3) is 3.68. The molecule has 16 heavy (non-hydrogen) atoms. The summed E-state index contributed by atoms with van der Waals surface area (Å²) in [6.07, 6.45) is -0.253. The van der Waals surface area contributed by atoms with E-state index in [0.29, 0.717) is 12.2 Å². The molecule has 1 unspecified atom stereocenters. The molecule has 0 saturated carbocycles. The molecule has 0 aliphatic carbocycles. The summed E-state index contributed by atoms with van der Waals surface area (Å²) in [6.45, 7) is 8.12. The summed E-state index contributed by atoms with van der Waals surface area (Å²) in [7, 11) is 0. The van der Waals surface area contributed by atoms with Gasteiger partial charge in [-0.1, -0.05) is 18.7 Å². The van der Waals surface area contributed by atoms with Gasteiger partial charge < -0.3 is 14.6 Å². The van der Waals surface area contributed by atoms with Crippen molar-refractivity contribution in [2.24, 2.45) is 0 Å². The van der Waals surface area contributed by atoms with Gasteiger partial charge in [0, 0.05) is 6.61 Å². The van der Waals surface area contributed by atoms with E-state index >= 15 is 0 Å². The Labute approximate surface area is 96.3 Å². The van der Waals surface area contributed by atoms with Crippen molar-refractivity contribution in [3.63, 3.8) is 0 Å². The molecule has 1 aromatic rings. The normalized spacial score (nSPS) is 12.2. The Morgan fingerprint density at radius 1 is 1.38 bits per heavy atom. The fraction of sp³-hybridized carbons (Fsp3) is 0.385. The molecule has 3 nitrogen and oxygen atoms in total. The monoisotopic (exact) mass is 222 g/mol. The summed E-state index contributed by atoms with van der Waals surface area (Å²) in [5, 5.41) is 8.92. The maximum absolute atomic E-state index is 8.92. The molecule has 0 amide bonds. The van der Waals surface area contributed by atoms with Crippen molar-refractivity contribution in [2.75, 3.05) is 13.2 Å². The van der Waals surface area contributed by atoms with E-state index in [9.17, 15) is 0 Å². The van der Waals surface area contributed by atoms with Crippen molar-refractivity contribution >= 4 is 5.57 Å². The van der Waals surface area contributed by atoms with Crippen molar-refractivity contribution in [3.05, 3.63) is 36.4 Å². The minimum atomic E-state index is -0.253. The number of rotatable bonds is 6. The molecular formula is C13H18O3. The molecule has 1 N–H and O–H groups in total. The molecule has 1 rings (SSSR count). The van der Waals surface area contributed by atoms with Gasteiger partial charge in [0.05, 0.1) is 6.61 Å². The van der Waals surface area contributed by atoms with Crippen LogP contribution in [0.4, 0.5) is 0 Å². The van der Waals surface area contributed by atoms with E-state index < -0.39 is 0 Å². The highest BCUT2D eigenvalue weighted by Crippen LogP contribution is 2.18. The summed E-state index contributed by atoms with van der Waals surface area (Å²) in [5.74, 6) is 0.746. The van der Waals surface area contributed by atoms with Crippen LogP contribution in [0, 0.1) is 0 Å². The standard InChI is InChI=1S/C13H18O3/c1-4-15-11(3)16-13-7-5-12(6-8-13)10(2)9-14/h5-8,11,14H,2,4,9H2,1,3H3. The number of hydrogen-bond acceptors (Lipinski definition) is 3. The molecule has 1 aromatic carbocycles. The van der Waals surface area contributed by atoms with Gasteiger partial charge in [0.1, 0.15) is 5.75 Å². The Bertz CT molecular complexity index is 330. The highest BCUT2D eigenvalue weighted by atomic mass is 16.7. The molecule has 1 atom stereocenters. The van der Waals surface area contributed by atoms with Crippen LogP contribution in [0.15, 0.2) is 30.8 Å². The zero-order valence-corrected chi connectivity index (χ0v) is 9.77. The Hall–Kier alpha value is -1.32. The predicted molar refractivity (Wildman–Crippen MR) is 64.3 cm³/mol. The molecule has 0 fully saturated rings. The average molecular weight is 222 g/mol. The highest BCUT2D eigenvalue weighted by Gasteiger charge is 2.03. The maximum atomic E-state index is 8.92. The van der Waals surface area contributed by atoms with Crippen LogP contribution in [0.25, 0.3) is 5.57 Å². The first-order valence-electron chi connectivity index (χ1n) is 5.34. The largest absolute Gasteiger partial charge is 0.465 e. The van der Waals surface area contributed by atoms with E-state index in [1.54, 1.807) is 0 Å². The smallest absolute Gasteiger partial charge is 0.196 e. The van der Waals surface area contributed by atoms with Gasteiger partial charge in [-0.15, -0.1) is 0 Å². The van der Waals surface area contributed by atoms with Crippen LogP contribution >= 0.6 is 0 Å². The molecular weight excluding hydrogens is 204 g/mol. The minimum absolute atomic E-state index is 0.0322. The third-order valence-corrected chi connectivity index (χ3v) is 2.16. The number of benzene rings is 1. The predicted octanol–water partition coefficient (Wildman–Crippen LogP) is 2.45. The second-order valence-corrected chi connectivity index (χ2v) is 3.43. The Kier molecular flexibility index (Phi) is 5.02. The molecule has 0 bridgehead atoms. The Balaban J connectivity index is 2.61. The number of aliphatic hydroxyl groups excluding tert-OH is 1. The van der Waals surface area contributed by atoms with Crippen molar-refractivity contribution in [1.82, 2.24) is 0 Å². The molecule has 0 heterocycles. The van der Waals surface area contributed by atoms with Crippen LogP contribution in [0.3, 0.4) is 0 Å². The van der Waals surface area contributed by atoms with E-state index in [-0.39, 0.29) is 12.9 Å². The van der Waals surface area contributed by atoms with Crippen molar-refractivity contribution in [3.8, 4) is 5.75 Å². The fourth-order valence-electron chi connectivity index (χ4n) is 1.32. The van der Waals surface area contributed by atoms with Gasteiger partial charge in [-0.25, -0.2) is 0 Å². The van der Waals surface area contributed by atoms with E-state index in [0.717, 1.165) is 11.3 Å². The minimum Gasteiger partial charge on any atom is -0.465 e. The molecule has 0 aliphatic rings. The molecule has 0 saturated heterocycles. The van der Waals surface area contributed by atoms with Gasteiger partial charge >= 0.3 is 0 Å². The lowest BCUT2D eigenvalue weighted by Crippen LogP contribution is -2.15. The molecule has 3 heteroatoms. The Morgan fingerprint density at radius 2 is 2.00 bits per heavy atom. The lowest BCUT2D eigenvalue weighted by molar-refractivity contribution is -0.0613. The lowest BCUT2D eigenvalue weighted by atomic mass is 10.1. The summed E-state index contributed by atoms with van der Waals surface area (Å²) in [4.78, 5) is 0. The number of hydrogen-bond donors (Lipinski definition) is 1. The van der Waals surface area contributed by atoms with Gasteiger partial charge in [-0.3, -0.25) is 0 Å². The molecule has 0 radical (unpaired) electrons. The van der Waals surface area contributed by atoms with Crippen LogP contribution in [0.1, 0.15) is 19.4 Å². The molecule has 0 aliphatic heterocycles. The van der Waals surface area contributed by atoms with E-state index in [2.05, 4.69) is 6.58 Å². The quantitative estimate of drug-likeness (QED) is 0.751. The van der Waals surface area contributed by atoms with Gasteiger partial charge in [-0.05, 0) is 37.1 Å². The molecule has 88 valence electrons. The van der Waals surface area contributed by atoms with Crippen LogP contribution in [-0.4, -0.2) is 24.6 Å². The summed E-state index contributed by atoms with van der Waals surface area (Å²) in [5.41, 5.74) is 1.61. The summed E-state index contributed by atoms with van der Waals surface area (Å²) >= 11 is 0. The highest BCUT2D eigenvalue weighted by molar-refractivity contribution is 5.64. The van der Waals surface area contributed by atoms with Crippen molar-refractivity contribution in [1.29, 1.82) is 0 Å². The third-order valence-electron chi connectivity index (χ3n) is 2.16. The van der Waals surface area contributed by atoms with E-state index in [4.69, 9.17) is 14.6 Å². The lowest BCUT2D eigenvalue weighted by Gasteiger charge is -2.14. The first-order chi connectivity index (χ1) is 7.67. The first-order valence-corrected chi connectivity index (χ1v) is 5.34. The van der Waals surface area contributed by atoms with Gasteiger partial charge in [0.2, 0.25) is 0 Å². The summed E-state index contributed by atoms with van der Waals surface area (Å²) < 4.78 is 10.8. The van der Waals surface area contributed by atoms with Crippen LogP contribution < -0.4 is 4.74 Å². The van der Waals surface area contributed by atoms with Gasteiger partial charge in [0.25, 0.3) is 0 Å². The topological polar surface area (TPSA) is 38.7 Å². The zero-order chi connectivity index (χ0) is 12.0. The zero-order valence-electron chi connectivity index (χ0n) is 9.77. The van der Waals surface area contributed by atoms with Crippen LogP contribution in [0.2, 0.25) is 0 Å². The first kappa shape index (κ1) is 12.7. The Morgan fingerprint density at radius 3 is 2.50 bits per heavy atom. The number of aliphatic hydroxyl groups is 1.